The van der Waals surface area contributed by atoms with E-state index in [4.69, 9.17) is 0 Å². The molecule has 0 bridgehead atoms. The molecule has 0 fully saturated rings. The summed E-state index contributed by atoms with van der Waals surface area (Å²) in [6.07, 6.45) is 1.81. The van der Waals surface area contributed by atoms with Gasteiger partial charge in [-0.05, 0) is 6.92 Å². The molecule has 1 aromatic rings. The standard InChI is InChI=1S/C4H5NS.2V/c1-4-5-2-3-6-4;;/h2-3H,1H3;;. The van der Waals surface area contributed by atoms with E-state index in [9.17, 15) is 0 Å². The molecule has 0 unspecified atom stereocenters. The van der Waals surface area contributed by atoms with Crippen LogP contribution in [0.15, 0.2) is 11.6 Å². The van der Waals surface area contributed by atoms with Gasteiger partial charge in [0.05, 0.1) is 5.01 Å². The van der Waals surface area contributed by atoms with Gasteiger partial charge in [-0.1, -0.05) is 0 Å². The van der Waals surface area contributed by atoms with Crippen molar-refractivity contribution in [2.45, 2.75) is 6.92 Å². The van der Waals surface area contributed by atoms with E-state index in [-0.39, 0.29) is 37.1 Å². The Morgan fingerprint density at radius 1 is 1.50 bits per heavy atom. The molecule has 0 saturated heterocycles. The van der Waals surface area contributed by atoms with Crippen LogP contribution in [0, 0.1) is 6.92 Å². The van der Waals surface area contributed by atoms with Crippen LogP contribution in [0.4, 0.5) is 0 Å². The van der Waals surface area contributed by atoms with Crippen LogP contribution in [-0.4, -0.2) is 4.98 Å². The van der Waals surface area contributed by atoms with Gasteiger partial charge in [0.25, 0.3) is 0 Å². The van der Waals surface area contributed by atoms with E-state index in [1.807, 2.05) is 12.3 Å². The first-order valence-electron chi connectivity index (χ1n) is 1.75. The van der Waals surface area contributed by atoms with Gasteiger partial charge in [0.15, 0.2) is 0 Å². The van der Waals surface area contributed by atoms with Crippen molar-refractivity contribution in [3.8, 4) is 0 Å². The summed E-state index contributed by atoms with van der Waals surface area (Å²) in [6.45, 7) is 1.99. The number of thiazole rings is 1. The van der Waals surface area contributed by atoms with E-state index in [2.05, 4.69) is 4.98 Å². The van der Waals surface area contributed by atoms with Crippen LogP contribution in [0.25, 0.3) is 0 Å². The van der Waals surface area contributed by atoms with E-state index in [1.165, 1.54) is 0 Å². The number of hydrogen-bond acceptors (Lipinski definition) is 2. The molecule has 1 aromatic heterocycles. The molecule has 0 aromatic carbocycles. The van der Waals surface area contributed by atoms with Gasteiger partial charge in [-0.3, -0.25) is 4.98 Å². The monoisotopic (exact) mass is 201 g/mol. The summed E-state index contributed by atoms with van der Waals surface area (Å²) < 4.78 is 0. The Morgan fingerprint density at radius 3 is 2.25 bits per heavy atom. The third kappa shape index (κ3) is 3.76. The van der Waals surface area contributed by atoms with E-state index >= 15 is 0 Å². The Balaban J connectivity index is 0. The second-order valence-corrected chi connectivity index (χ2v) is 2.15. The zero-order valence-corrected chi connectivity index (χ0v) is 8.01. The Kier molecular flexibility index (Phi) is 8.58. The summed E-state index contributed by atoms with van der Waals surface area (Å²) in [5.74, 6) is 0. The predicted octanol–water partition coefficient (Wildman–Crippen LogP) is 1.45. The predicted molar refractivity (Wildman–Crippen MR) is 26.9 cm³/mol. The fraction of sp³-hybridized carbons (Fsp3) is 0.250. The van der Waals surface area contributed by atoms with Gasteiger partial charge < -0.3 is 0 Å². The molecule has 8 heavy (non-hydrogen) atoms. The molecule has 4 heteroatoms. The minimum atomic E-state index is 0. The summed E-state index contributed by atoms with van der Waals surface area (Å²) in [5, 5.41) is 3.10. The van der Waals surface area contributed by atoms with Crippen molar-refractivity contribution in [1.29, 1.82) is 0 Å². The molecule has 1 nitrogen and oxygen atoms in total. The summed E-state index contributed by atoms with van der Waals surface area (Å²) in [6, 6.07) is 0. The molecular formula is C4H5NSV2. The molecule has 2 radical (unpaired) electrons. The Labute approximate surface area is 76.7 Å². The van der Waals surface area contributed by atoms with Crippen molar-refractivity contribution in [2.24, 2.45) is 0 Å². The van der Waals surface area contributed by atoms with Crippen molar-refractivity contribution >= 4 is 11.3 Å². The molecule has 0 aliphatic heterocycles. The first-order valence-corrected chi connectivity index (χ1v) is 2.63. The fourth-order valence-corrected chi connectivity index (χ4v) is 0.735. The Hall–Kier alpha value is 0.799. The van der Waals surface area contributed by atoms with Gasteiger partial charge in [-0.2, -0.15) is 0 Å². The van der Waals surface area contributed by atoms with Crippen LogP contribution in [0.2, 0.25) is 0 Å². The number of aryl methyl sites for hydroxylation is 1. The van der Waals surface area contributed by atoms with Gasteiger partial charge in [-0.25, -0.2) is 0 Å². The normalized spacial score (nSPS) is 6.62. The van der Waals surface area contributed by atoms with Crippen LogP contribution < -0.4 is 0 Å². The zero-order chi connectivity index (χ0) is 4.41. The quantitative estimate of drug-likeness (QED) is 0.618. The SMILES string of the molecule is Cc1nccs1.[V].[V]. The summed E-state index contributed by atoms with van der Waals surface area (Å²) in [4.78, 5) is 3.94. The molecule has 0 amide bonds. The fourth-order valence-electron chi connectivity index (χ4n) is 0.295. The zero-order valence-electron chi connectivity index (χ0n) is 4.40. The summed E-state index contributed by atoms with van der Waals surface area (Å²) >= 11 is 1.67. The van der Waals surface area contributed by atoms with Crippen LogP contribution >= 0.6 is 11.3 Å². The second kappa shape index (κ2) is 5.93. The number of nitrogens with zero attached hydrogens (tertiary/aromatic N) is 1. The minimum absolute atomic E-state index is 0. The van der Waals surface area contributed by atoms with Crippen LogP contribution in [0.3, 0.4) is 0 Å². The maximum Gasteiger partial charge on any atom is 0.0893 e. The molecule has 0 aliphatic rings. The van der Waals surface area contributed by atoms with Crippen LogP contribution in [-0.2, 0) is 37.1 Å². The molecule has 0 spiro atoms. The molecule has 1 rings (SSSR count). The van der Waals surface area contributed by atoms with Crippen molar-refractivity contribution < 1.29 is 37.1 Å². The first-order chi connectivity index (χ1) is 2.89. The van der Waals surface area contributed by atoms with E-state index < -0.39 is 0 Å². The molecular weight excluding hydrogens is 196 g/mol. The maximum atomic E-state index is 3.94. The van der Waals surface area contributed by atoms with Gasteiger partial charge in [0.1, 0.15) is 0 Å². The average molecular weight is 201 g/mol. The smallest absolute Gasteiger partial charge is 0.0893 e. The van der Waals surface area contributed by atoms with Crippen molar-refractivity contribution in [3.05, 3.63) is 16.6 Å². The molecule has 0 aliphatic carbocycles. The Morgan fingerprint density at radius 2 is 2.12 bits per heavy atom. The topological polar surface area (TPSA) is 12.9 Å². The first kappa shape index (κ1) is 11.6. The minimum Gasteiger partial charge on any atom is -0.250 e. The molecule has 0 saturated carbocycles. The third-order valence-corrected chi connectivity index (χ3v) is 1.26. The summed E-state index contributed by atoms with van der Waals surface area (Å²) in [7, 11) is 0. The molecule has 0 N–H and O–H groups in total. The molecule has 42 valence electrons. The van der Waals surface area contributed by atoms with Gasteiger partial charge >= 0.3 is 0 Å². The van der Waals surface area contributed by atoms with Gasteiger partial charge in [0.2, 0.25) is 0 Å². The van der Waals surface area contributed by atoms with E-state index in [0.29, 0.717) is 0 Å². The number of rotatable bonds is 0. The van der Waals surface area contributed by atoms with Gasteiger partial charge in [0, 0.05) is 48.7 Å². The van der Waals surface area contributed by atoms with Crippen molar-refractivity contribution in [3.63, 3.8) is 0 Å². The molecule has 1 heterocycles. The van der Waals surface area contributed by atoms with Gasteiger partial charge in [-0.15, -0.1) is 11.3 Å². The third-order valence-electron chi connectivity index (χ3n) is 0.556. The average Bonchev–Trinajstić information content (AvgIpc) is 1.86. The second-order valence-electron chi connectivity index (χ2n) is 1.05. The number of aromatic nitrogens is 1. The molecule has 0 atom stereocenters. The largest absolute Gasteiger partial charge is 0.250 e. The van der Waals surface area contributed by atoms with Crippen LogP contribution in [0.5, 0.6) is 0 Å². The van der Waals surface area contributed by atoms with Crippen molar-refractivity contribution in [2.75, 3.05) is 0 Å². The van der Waals surface area contributed by atoms with Crippen LogP contribution in [0.1, 0.15) is 5.01 Å². The number of hydrogen-bond donors (Lipinski definition) is 0. The summed E-state index contributed by atoms with van der Waals surface area (Å²) in [5.41, 5.74) is 0. The van der Waals surface area contributed by atoms with E-state index in [1.54, 1.807) is 17.5 Å². The maximum absolute atomic E-state index is 3.94. The van der Waals surface area contributed by atoms with Crippen molar-refractivity contribution in [1.82, 2.24) is 4.98 Å². The van der Waals surface area contributed by atoms with E-state index in [0.717, 1.165) is 5.01 Å². The Bertz CT molecular complexity index is 118.